The van der Waals surface area contributed by atoms with Crippen LogP contribution in [0.3, 0.4) is 0 Å². The zero-order valence-corrected chi connectivity index (χ0v) is 22.1. The third-order valence-corrected chi connectivity index (χ3v) is 9.93. The fraction of sp³-hybridized carbons (Fsp3) is 0.481. The van der Waals surface area contributed by atoms with Crippen LogP contribution in [-0.4, -0.2) is 44.2 Å². The number of carbonyl (C=O) groups is 2. The molecule has 2 aliphatic heterocycles. The number of rotatable bonds is 5. The Hall–Kier alpha value is -2.42. The summed E-state index contributed by atoms with van der Waals surface area (Å²) in [7, 11) is -3.68. The van der Waals surface area contributed by atoms with Crippen molar-refractivity contribution in [2.24, 2.45) is 11.8 Å². The number of anilines is 2. The van der Waals surface area contributed by atoms with E-state index in [4.69, 9.17) is 11.6 Å². The number of piperidine rings is 1. The van der Waals surface area contributed by atoms with Gasteiger partial charge in [0.25, 0.3) is 0 Å². The summed E-state index contributed by atoms with van der Waals surface area (Å²) >= 11 is 6.00. The number of hydrogen-bond acceptors (Lipinski definition) is 4. The average Bonchev–Trinajstić information content (AvgIpc) is 2.84. The van der Waals surface area contributed by atoms with Crippen LogP contribution >= 0.6 is 11.6 Å². The number of hydrogen-bond donors (Lipinski definition) is 1. The van der Waals surface area contributed by atoms with Gasteiger partial charge in [-0.3, -0.25) is 9.59 Å². The van der Waals surface area contributed by atoms with E-state index in [0.717, 1.165) is 54.6 Å². The Morgan fingerprint density at radius 2 is 1.69 bits per heavy atom. The molecule has 7 nitrogen and oxygen atoms in total. The van der Waals surface area contributed by atoms with E-state index in [2.05, 4.69) is 5.32 Å². The van der Waals surface area contributed by atoms with Crippen LogP contribution in [0.2, 0.25) is 5.02 Å². The minimum atomic E-state index is -3.68. The number of fused-ring (bicyclic) bond motifs is 1. The molecule has 3 aliphatic rings. The first-order chi connectivity index (χ1) is 17.2. The number of amides is 2. The SMILES string of the molecule is Cc1cc(Cl)ccc1NC(=O)C1CCN(S(=O)(=O)c2ccc3c(c2)CCCN3C(=O)C2CCC2)CC1. The third-order valence-electron chi connectivity index (χ3n) is 7.80. The molecular weight excluding hydrogens is 498 g/mol. The predicted molar refractivity (Wildman–Crippen MR) is 141 cm³/mol. The molecule has 1 saturated heterocycles. The predicted octanol–water partition coefficient (Wildman–Crippen LogP) is 4.77. The van der Waals surface area contributed by atoms with E-state index in [0.29, 0.717) is 37.5 Å². The van der Waals surface area contributed by atoms with Gasteiger partial charge in [-0.2, -0.15) is 4.31 Å². The van der Waals surface area contributed by atoms with Crippen molar-refractivity contribution in [1.82, 2.24) is 4.31 Å². The summed E-state index contributed by atoms with van der Waals surface area (Å²) < 4.78 is 28.3. The van der Waals surface area contributed by atoms with Crippen LogP contribution in [0, 0.1) is 18.8 Å². The molecule has 2 fully saturated rings. The Labute approximate surface area is 217 Å². The highest BCUT2D eigenvalue weighted by atomic mass is 35.5. The molecule has 1 saturated carbocycles. The summed E-state index contributed by atoms with van der Waals surface area (Å²) in [5, 5.41) is 3.57. The second-order valence-corrected chi connectivity index (χ2v) is 12.5. The van der Waals surface area contributed by atoms with E-state index in [1.807, 2.05) is 11.8 Å². The lowest BCUT2D eigenvalue weighted by atomic mass is 9.83. The van der Waals surface area contributed by atoms with Crippen molar-refractivity contribution in [3.63, 3.8) is 0 Å². The number of benzene rings is 2. The quantitative estimate of drug-likeness (QED) is 0.604. The molecule has 9 heteroatoms. The number of aryl methyl sites for hydroxylation is 2. The van der Waals surface area contributed by atoms with E-state index >= 15 is 0 Å². The van der Waals surface area contributed by atoms with Gasteiger partial charge in [0.15, 0.2) is 0 Å². The molecule has 0 atom stereocenters. The maximum atomic E-state index is 13.4. The first-order valence-corrected chi connectivity index (χ1v) is 14.6. The fourth-order valence-electron chi connectivity index (χ4n) is 5.35. The van der Waals surface area contributed by atoms with Gasteiger partial charge in [0.05, 0.1) is 4.90 Å². The van der Waals surface area contributed by atoms with Gasteiger partial charge in [0.1, 0.15) is 0 Å². The molecule has 0 bridgehead atoms. The molecule has 36 heavy (non-hydrogen) atoms. The number of nitrogens with zero attached hydrogens (tertiary/aromatic N) is 2. The number of nitrogens with one attached hydrogen (secondary N) is 1. The van der Waals surface area contributed by atoms with Gasteiger partial charge in [-0.15, -0.1) is 0 Å². The minimum Gasteiger partial charge on any atom is -0.326 e. The standard InChI is InChI=1S/C27H32ClN3O4S/c1-18-16-22(28)7-9-24(18)29-26(32)19-11-14-30(15-12-19)36(34,35)23-8-10-25-21(17-23)6-3-13-31(25)27(33)20-4-2-5-20/h7-10,16-17,19-20H,2-6,11-15H2,1H3,(H,29,32). The highest BCUT2D eigenvalue weighted by molar-refractivity contribution is 7.89. The molecule has 0 unspecified atom stereocenters. The van der Waals surface area contributed by atoms with E-state index in [1.54, 1.807) is 36.4 Å². The zero-order chi connectivity index (χ0) is 25.4. The number of carbonyl (C=O) groups excluding carboxylic acids is 2. The van der Waals surface area contributed by atoms with Gasteiger partial charge < -0.3 is 10.2 Å². The van der Waals surface area contributed by atoms with Crippen LogP contribution in [-0.2, 0) is 26.0 Å². The molecule has 2 aromatic carbocycles. The van der Waals surface area contributed by atoms with Crippen LogP contribution in [0.5, 0.6) is 0 Å². The Kier molecular flexibility index (Phi) is 7.12. The van der Waals surface area contributed by atoms with Crippen molar-refractivity contribution in [3.05, 3.63) is 52.5 Å². The molecule has 0 aromatic heterocycles. The summed E-state index contributed by atoms with van der Waals surface area (Å²) in [6.07, 6.45) is 5.53. The van der Waals surface area contributed by atoms with Gasteiger partial charge in [-0.25, -0.2) is 8.42 Å². The lowest BCUT2D eigenvalue weighted by molar-refractivity contribution is -0.124. The summed E-state index contributed by atoms with van der Waals surface area (Å²) in [6.45, 7) is 3.17. The summed E-state index contributed by atoms with van der Waals surface area (Å²) in [4.78, 5) is 27.8. The Balaban J connectivity index is 1.24. The van der Waals surface area contributed by atoms with Crippen LogP contribution in [0.15, 0.2) is 41.3 Å². The van der Waals surface area contributed by atoms with Crippen molar-refractivity contribution in [2.45, 2.75) is 56.8 Å². The second kappa shape index (κ2) is 10.1. The highest BCUT2D eigenvalue weighted by Gasteiger charge is 2.35. The van der Waals surface area contributed by atoms with Crippen LogP contribution < -0.4 is 10.2 Å². The topological polar surface area (TPSA) is 86.8 Å². The number of sulfonamides is 1. The maximum absolute atomic E-state index is 13.4. The molecule has 0 spiro atoms. The number of halogens is 1. The largest absolute Gasteiger partial charge is 0.326 e. The lowest BCUT2D eigenvalue weighted by Crippen LogP contribution is -2.42. The summed E-state index contributed by atoms with van der Waals surface area (Å²) in [5.41, 5.74) is 3.38. The molecule has 2 aromatic rings. The average molecular weight is 530 g/mol. The summed E-state index contributed by atoms with van der Waals surface area (Å²) in [6, 6.07) is 10.5. The van der Waals surface area contributed by atoms with Crippen LogP contribution in [0.1, 0.15) is 49.7 Å². The van der Waals surface area contributed by atoms with E-state index < -0.39 is 10.0 Å². The van der Waals surface area contributed by atoms with Crippen molar-refractivity contribution in [1.29, 1.82) is 0 Å². The normalized spacial score (nSPS) is 19.4. The fourth-order valence-corrected chi connectivity index (χ4v) is 7.10. The molecule has 1 aliphatic carbocycles. The maximum Gasteiger partial charge on any atom is 0.243 e. The van der Waals surface area contributed by atoms with Crippen LogP contribution in [0.4, 0.5) is 11.4 Å². The first-order valence-electron chi connectivity index (χ1n) is 12.8. The smallest absolute Gasteiger partial charge is 0.243 e. The van der Waals surface area contributed by atoms with Gasteiger partial charge >= 0.3 is 0 Å². The minimum absolute atomic E-state index is 0.0949. The monoisotopic (exact) mass is 529 g/mol. The van der Waals surface area contributed by atoms with Gasteiger partial charge in [0, 0.05) is 47.9 Å². The molecule has 1 N–H and O–H groups in total. The molecule has 0 radical (unpaired) electrons. The zero-order valence-electron chi connectivity index (χ0n) is 20.5. The van der Waals surface area contributed by atoms with Crippen molar-refractivity contribution >= 4 is 44.8 Å². The molecule has 192 valence electrons. The van der Waals surface area contributed by atoms with E-state index in [1.165, 1.54) is 4.31 Å². The second-order valence-electron chi connectivity index (χ2n) is 10.1. The van der Waals surface area contributed by atoms with E-state index in [-0.39, 0.29) is 28.5 Å². The third kappa shape index (κ3) is 4.91. The summed E-state index contributed by atoms with van der Waals surface area (Å²) in [5.74, 6) is -0.0583. The van der Waals surface area contributed by atoms with E-state index in [9.17, 15) is 18.0 Å². The Bertz CT molecular complexity index is 1280. The van der Waals surface area contributed by atoms with Crippen molar-refractivity contribution in [3.8, 4) is 0 Å². The molecular formula is C27H32ClN3O4S. The molecule has 2 heterocycles. The first kappa shape index (κ1) is 25.2. The molecule has 5 rings (SSSR count). The Morgan fingerprint density at radius 3 is 2.36 bits per heavy atom. The van der Waals surface area contributed by atoms with Crippen LogP contribution in [0.25, 0.3) is 0 Å². The highest BCUT2D eigenvalue weighted by Crippen LogP contribution is 2.36. The van der Waals surface area contributed by atoms with Crippen molar-refractivity contribution < 1.29 is 18.0 Å². The Morgan fingerprint density at radius 1 is 0.944 bits per heavy atom. The van der Waals surface area contributed by atoms with Gasteiger partial charge in [-0.1, -0.05) is 18.0 Å². The molecule has 2 amide bonds. The lowest BCUT2D eigenvalue weighted by Gasteiger charge is -2.35. The van der Waals surface area contributed by atoms with Gasteiger partial charge in [0.2, 0.25) is 21.8 Å². The van der Waals surface area contributed by atoms with Crippen molar-refractivity contribution in [2.75, 3.05) is 29.9 Å². The van der Waals surface area contributed by atoms with Gasteiger partial charge in [-0.05, 0) is 93.0 Å².